The van der Waals surface area contributed by atoms with Crippen LogP contribution >= 0.6 is 0 Å². The molecule has 0 bridgehead atoms. The lowest BCUT2D eigenvalue weighted by Gasteiger charge is -2.29. The molecule has 1 aliphatic heterocycles. The van der Waals surface area contributed by atoms with Crippen molar-refractivity contribution in [1.82, 2.24) is 10.2 Å². The summed E-state index contributed by atoms with van der Waals surface area (Å²) in [5.41, 5.74) is -0.0782. The number of nitrogens with one attached hydrogen (secondary N) is 1. The maximum Gasteiger partial charge on any atom is 0.0610 e. The molecule has 0 aliphatic carbocycles. The minimum atomic E-state index is -0.0782. The third kappa shape index (κ3) is 5.80. The largest absolute Gasteiger partial charge is 0.394 e. The van der Waals surface area contributed by atoms with Gasteiger partial charge in [-0.15, -0.1) is 0 Å². The fourth-order valence-electron chi connectivity index (χ4n) is 3.13. The standard InChI is InChI=1S/C16H34N2O/c1-4-11-17-16(3,14-19)10-6-7-12-18-13-8-9-15(18)5-2/h15,17,19H,4-14H2,1-3H3. The highest BCUT2D eigenvalue weighted by Crippen LogP contribution is 2.21. The highest BCUT2D eigenvalue weighted by atomic mass is 16.3. The van der Waals surface area contributed by atoms with Crippen LogP contribution in [0.3, 0.4) is 0 Å². The lowest BCUT2D eigenvalue weighted by molar-refractivity contribution is 0.160. The monoisotopic (exact) mass is 270 g/mol. The normalized spacial score (nSPS) is 23.7. The van der Waals surface area contributed by atoms with Crippen molar-refractivity contribution in [3.8, 4) is 0 Å². The Morgan fingerprint density at radius 3 is 2.74 bits per heavy atom. The Hall–Kier alpha value is -0.120. The zero-order valence-electron chi connectivity index (χ0n) is 13.2. The summed E-state index contributed by atoms with van der Waals surface area (Å²) in [6, 6.07) is 0.836. The summed E-state index contributed by atoms with van der Waals surface area (Å²) in [6.07, 6.45) is 8.75. The van der Waals surface area contributed by atoms with Gasteiger partial charge in [-0.25, -0.2) is 0 Å². The van der Waals surface area contributed by atoms with Crippen LogP contribution in [0.4, 0.5) is 0 Å². The van der Waals surface area contributed by atoms with Crippen molar-refractivity contribution in [2.24, 2.45) is 0 Å². The molecule has 1 rings (SSSR count). The summed E-state index contributed by atoms with van der Waals surface area (Å²) in [4.78, 5) is 2.66. The number of hydrogen-bond donors (Lipinski definition) is 2. The third-order valence-electron chi connectivity index (χ3n) is 4.54. The maximum atomic E-state index is 9.53. The average molecular weight is 270 g/mol. The van der Waals surface area contributed by atoms with Crippen LogP contribution in [0, 0.1) is 0 Å². The average Bonchev–Trinajstić information content (AvgIpc) is 2.89. The second-order valence-corrected chi connectivity index (χ2v) is 6.34. The van der Waals surface area contributed by atoms with Crippen LogP contribution in [0.1, 0.15) is 65.7 Å². The number of hydrogen-bond acceptors (Lipinski definition) is 3. The van der Waals surface area contributed by atoms with E-state index in [4.69, 9.17) is 0 Å². The Kier molecular flexibility index (Phi) is 7.96. The SMILES string of the molecule is CCCNC(C)(CO)CCCCN1CCCC1CC. The summed E-state index contributed by atoms with van der Waals surface area (Å²) in [6.45, 7) is 10.4. The third-order valence-corrected chi connectivity index (χ3v) is 4.54. The van der Waals surface area contributed by atoms with Gasteiger partial charge in [-0.3, -0.25) is 0 Å². The fraction of sp³-hybridized carbons (Fsp3) is 1.00. The molecule has 3 heteroatoms. The first-order chi connectivity index (χ1) is 9.15. The van der Waals surface area contributed by atoms with Crippen molar-refractivity contribution < 1.29 is 5.11 Å². The van der Waals surface area contributed by atoms with E-state index in [9.17, 15) is 5.11 Å². The van der Waals surface area contributed by atoms with E-state index in [1.54, 1.807) is 0 Å². The second kappa shape index (κ2) is 8.93. The Balaban J connectivity index is 2.18. The predicted octanol–water partition coefficient (Wildman–Crippen LogP) is 2.78. The van der Waals surface area contributed by atoms with E-state index in [0.29, 0.717) is 0 Å². The van der Waals surface area contributed by atoms with E-state index in [-0.39, 0.29) is 12.1 Å². The number of aliphatic hydroxyl groups excluding tert-OH is 1. The maximum absolute atomic E-state index is 9.53. The summed E-state index contributed by atoms with van der Waals surface area (Å²) in [5, 5.41) is 13.0. The first-order valence-corrected chi connectivity index (χ1v) is 8.25. The topological polar surface area (TPSA) is 35.5 Å². The van der Waals surface area contributed by atoms with E-state index >= 15 is 0 Å². The highest BCUT2D eigenvalue weighted by Gasteiger charge is 2.24. The van der Waals surface area contributed by atoms with Gasteiger partial charge in [0.05, 0.1) is 6.61 Å². The second-order valence-electron chi connectivity index (χ2n) is 6.34. The van der Waals surface area contributed by atoms with Crippen LogP contribution in [0.15, 0.2) is 0 Å². The molecule has 19 heavy (non-hydrogen) atoms. The smallest absolute Gasteiger partial charge is 0.0610 e. The lowest BCUT2D eigenvalue weighted by atomic mass is 9.95. The van der Waals surface area contributed by atoms with Crippen molar-refractivity contribution >= 4 is 0 Å². The van der Waals surface area contributed by atoms with Crippen LogP contribution in [0.5, 0.6) is 0 Å². The molecular weight excluding hydrogens is 236 g/mol. The molecule has 3 nitrogen and oxygen atoms in total. The van der Waals surface area contributed by atoms with Crippen molar-refractivity contribution in [1.29, 1.82) is 0 Å². The Morgan fingerprint density at radius 1 is 1.32 bits per heavy atom. The molecule has 0 spiro atoms. The molecule has 114 valence electrons. The molecule has 0 aromatic carbocycles. The molecule has 0 aromatic rings. The van der Waals surface area contributed by atoms with E-state index < -0.39 is 0 Å². The number of nitrogens with zero attached hydrogens (tertiary/aromatic N) is 1. The summed E-state index contributed by atoms with van der Waals surface area (Å²) in [5.74, 6) is 0. The number of unbranched alkanes of at least 4 members (excludes halogenated alkanes) is 1. The van der Waals surface area contributed by atoms with E-state index in [2.05, 4.69) is 31.0 Å². The van der Waals surface area contributed by atoms with Crippen LogP contribution in [-0.2, 0) is 0 Å². The molecule has 1 fully saturated rings. The molecule has 0 radical (unpaired) electrons. The summed E-state index contributed by atoms with van der Waals surface area (Å²) >= 11 is 0. The molecule has 2 N–H and O–H groups in total. The summed E-state index contributed by atoms with van der Waals surface area (Å²) in [7, 11) is 0. The number of aliphatic hydroxyl groups is 1. The van der Waals surface area contributed by atoms with Gasteiger partial charge < -0.3 is 15.3 Å². The van der Waals surface area contributed by atoms with Crippen LogP contribution in [0.25, 0.3) is 0 Å². The van der Waals surface area contributed by atoms with Gasteiger partial charge in [0, 0.05) is 11.6 Å². The quantitative estimate of drug-likeness (QED) is 0.599. The molecule has 2 unspecified atom stereocenters. The minimum absolute atomic E-state index is 0.0782. The molecule has 1 heterocycles. The Labute approximate surface area is 119 Å². The highest BCUT2D eigenvalue weighted by molar-refractivity contribution is 4.83. The Morgan fingerprint density at radius 2 is 2.11 bits per heavy atom. The van der Waals surface area contributed by atoms with Crippen molar-refractivity contribution in [2.75, 3.05) is 26.2 Å². The van der Waals surface area contributed by atoms with Gasteiger partial charge in [0.1, 0.15) is 0 Å². The molecule has 1 saturated heterocycles. The molecule has 0 amide bonds. The molecule has 2 atom stereocenters. The van der Waals surface area contributed by atoms with Gasteiger partial charge in [-0.05, 0) is 65.1 Å². The fourth-order valence-corrected chi connectivity index (χ4v) is 3.13. The van der Waals surface area contributed by atoms with E-state index in [1.807, 2.05) is 0 Å². The van der Waals surface area contributed by atoms with E-state index in [0.717, 1.165) is 25.4 Å². The van der Waals surface area contributed by atoms with Crippen LogP contribution < -0.4 is 5.32 Å². The molecule has 0 aromatic heterocycles. The Bertz CT molecular complexity index is 235. The van der Waals surface area contributed by atoms with E-state index in [1.165, 1.54) is 45.2 Å². The van der Waals surface area contributed by atoms with Gasteiger partial charge >= 0.3 is 0 Å². The van der Waals surface area contributed by atoms with Gasteiger partial charge in [0.25, 0.3) is 0 Å². The van der Waals surface area contributed by atoms with Crippen LogP contribution in [-0.4, -0.2) is 47.8 Å². The number of likely N-dealkylation sites (tertiary alicyclic amines) is 1. The van der Waals surface area contributed by atoms with Crippen molar-refractivity contribution in [2.45, 2.75) is 77.3 Å². The van der Waals surface area contributed by atoms with Gasteiger partial charge in [-0.2, -0.15) is 0 Å². The molecule has 1 aliphatic rings. The number of rotatable bonds is 10. The summed E-state index contributed by atoms with van der Waals surface area (Å²) < 4.78 is 0. The molecular formula is C16H34N2O. The van der Waals surface area contributed by atoms with Gasteiger partial charge in [0.2, 0.25) is 0 Å². The van der Waals surface area contributed by atoms with Crippen LogP contribution in [0.2, 0.25) is 0 Å². The van der Waals surface area contributed by atoms with Crippen molar-refractivity contribution in [3.63, 3.8) is 0 Å². The van der Waals surface area contributed by atoms with Crippen molar-refractivity contribution in [3.05, 3.63) is 0 Å². The minimum Gasteiger partial charge on any atom is -0.394 e. The first kappa shape index (κ1) is 16.9. The van der Waals surface area contributed by atoms with Gasteiger partial charge in [0.15, 0.2) is 0 Å². The zero-order valence-corrected chi connectivity index (χ0v) is 13.2. The predicted molar refractivity (Wildman–Crippen MR) is 82.5 cm³/mol. The first-order valence-electron chi connectivity index (χ1n) is 8.25. The molecule has 0 saturated carbocycles. The lowest BCUT2D eigenvalue weighted by Crippen LogP contribution is -2.46. The van der Waals surface area contributed by atoms with Gasteiger partial charge in [-0.1, -0.05) is 20.3 Å². The zero-order chi connectivity index (χ0) is 14.1.